The Morgan fingerprint density at radius 1 is 0.639 bits per heavy atom. The lowest BCUT2D eigenvalue weighted by molar-refractivity contribution is -0.159. The summed E-state index contributed by atoms with van der Waals surface area (Å²) in [6.45, 7) is 7.63. The van der Waals surface area contributed by atoms with Crippen molar-refractivity contribution in [3.8, 4) is 0 Å². The maximum absolute atomic E-state index is 14.1. The van der Waals surface area contributed by atoms with E-state index in [0.29, 0.717) is 13.1 Å². The molecular weight excluding hydrogens is 442 g/mol. The van der Waals surface area contributed by atoms with E-state index in [1.807, 2.05) is 97.1 Å². The predicted octanol–water partition coefficient (Wildman–Crippen LogP) is 7.44. The Labute approximate surface area is 215 Å². The van der Waals surface area contributed by atoms with Gasteiger partial charge in [0.05, 0.1) is 0 Å². The first-order valence-corrected chi connectivity index (χ1v) is 12.5. The first kappa shape index (κ1) is 25.4. The highest BCUT2D eigenvalue weighted by Crippen LogP contribution is 2.32. The maximum atomic E-state index is 14.1. The summed E-state index contributed by atoms with van der Waals surface area (Å²) in [6, 6.07) is 40.2. The van der Waals surface area contributed by atoms with Crippen LogP contribution in [0.4, 0.5) is 0 Å². The van der Waals surface area contributed by atoms with Gasteiger partial charge in [-0.15, -0.1) is 0 Å². The summed E-state index contributed by atoms with van der Waals surface area (Å²) < 4.78 is 6.39. The molecule has 3 nitrogen and oxygen atoms in total. The molecule has 0 fully saturated rings. The highest BCUT2D eigenvalue weighted by atomic mass is 16.5. The smallest absolute Gasteiger partial charge is 0.324 e. The molecule has 0 spiro atoms. The van der Waals surface area contributed by atoms with Crippen molar-refractivity contribution >= 4 is 5.97 Å². The number of hydrogen-bond acceptors (Lipinski definition) is 3. The number of esters is 1. The molecule has 0 saturated heterocycles. The molecule has 0 heterocycles. The Hall–Kier alpha value is -3.69. The molecule has 36 heavy (non-hydrogen) atoms. The van der Waals surface area contributed by atoms with E-state index >= 15 is 0 Å². The van der Waals surface area contributed by atoms with Crippen LogP contribution in [0.1, 0.15) is 49.1 Å². The van der Waals surface area contributed by atoms with Crippen molar-refractivity contribution in [3.63, 3.8) is 0 Å². The minimum absolute atomic E-state index is 0.216. The standard InChI is InChI=1S/C33H35NO2/c1-33(2,3)31(34(24-26-16-8-4-9-17-26)25-27-18-10-5-11-19-27)32(35)36-30(28-20-12-6-13-21-28)29-22-14-7-15-23-29/h4-23,30-31H,24-25H2,1-3H3/t31-/m1/s1. The van der Waals surface area contributed by atoms with Crippen molar-refractivity contribution in [2.75, 3.05) is 0 Å². The average molecular weight is 478 g/mol. The molecule has 184 valence electrons. The summed E-state index contributed by atoms with van der Waals surface area (Å²) in [6.07, 6.45) is -0.472. The highest BCUT2D eigenvalue weighted by Gasteiger charge is 2.39. The molecule has 0 aliphatic rings. The number of hydrogen-bond donors (Lipinski definition) is 0. The van der Waals surface area contributed by atoms with Crippen molar-refractivity contribution in [1.82, 2.24) is 4.90 Å². The van der Waals surface area contributed by atoms with E-state index in [9.17, 15) is 4.79 Å². The molecule has 4 aromatic carbocycles. The van der Waals surface area contributed by atoms with E-state index in [-0.39, 0.29) is 11.4 Å². The number of benzene rings is 4. The fraction of sp³-hybridized carbons (Fsp3) is 0.242. The SMILES string of the molecule is CC(C)(C)[C@@H](C(=O)OC(c1ccccc1)c1ccccc1)N(Cc1ccccc1)Cc1ccccc1. The van der Waals surface area contributed by atoms with Gasteiger partial charge >= 0.3 is 5.97 Å². The van der Waals surface area contributed by atoms with Gasteiger partial charge in [-0.3, -0.25) is 9.69 Å². The van der Waals surface area contributed by atoms with Crippen LogP contribution in [0.25, 0.3) is 0 Å². The van der Waals surface area contributed by atoms with E-state index in [1.54, 1.807) is 0 Å². The molecule has 1 atom stereocenters. The van der Waals surface area contributed by atoms with Crippen LogP contribution in [-0.4, -0.2) is 16.9 Å². The maximum Gasteiger partial charge on any atom is 0.324 e. The lowest BCUT2D eigenvalue weighted by atomic mass is 9.84. The van der Waals surface area contributed by atoms with Gasteiger partial charge in [0.1, 0.15) is 6.04 Å². The minimum atomic E-state index is -0.472. The van der Waals surface area contributed by atoms with Gasteiger partial charge in [-0.25, -0.2) is 0 Å². The van der Waals surface area contributed by atoms with Crippen molar-refractivity contribution in [3.05, 3.63) is 144 Å². The third-order valence-electron chi connectivity index (χ3n) is 6.30. The minimum Gasteiger partial charge on any atom is -0.451 e. The highest BCUT2D eigenvalue weighted by molar-refractivity contribution is 5.77. The predicted molar refractivity (Wildman–Crippen MR) is 146 cm³/mol. The molecule has 0 aliphatic carbocycles. The van der Waals surface area contributed by atoms with Crippen molar-refractivity contribution in [1.29, 1.82) is 0 Å². The van der Waals surface area contributed by atoms with Crippen LogP contribution in [0.2, 0.25) is 0 Å². The fourth-order valence-electron chi connectivity index (χ4n) is 4.69. The van der Waals surface area contributed by atoms with Gasteiger partial charge in [0.2, 0.25) is 0 Å². The summed E-state index contributed by atoms with van der Waals surface area (Å²) in [4.78, 5) is 16.4. The number of carbonyl (C=O) groups is 1. The van der Waals surface area contributed by atoms with Gasteiger partial charge in [0.25, 0.3) is 0 Å². The van der Waals surface area contributed by atoms with E-state index in [4.69, 9.17) is 4.74 Å². The lowest BCUT2D eigenvalue weighted by Crippen LogP contribution is -2.49. The molecule has 3 heteroatoms. The number of nitrogens with zero attached hydrogens (tertiary/aromatic N) is 1. The molecule has 0 bridgehead atoms. The zero-order valence-corrected chi connectivity index (χ0v) is 21.4. The van der Waals surface area contributed by atoms with E-state index < -0.39 is 12.1 Å². The molecule has 0 aromatic heterocycles. The van der Waals surface area contributed by atoms with Crippen LogP contribution >= 0.6 is 0 Å². The first-order valence-electron chi connectivity index (χ1n) is 12.5. The molecule has 0 unspecified atom stereocenters. The van der Waals surface area contributed by atoms with E-state index in [2.05, 4.69) is 49.9 Å². The van der Waals surface area contributed by atoms with Crippen LogP contribution < -0.4 is 0 Å². The topological polar surface area (TPSA) is 29.5 Å². The normalized spacial score (nSPS) is 12.5. The second-order valence-corrected chi connectivity index (χ2v) is 10.3. The Balaban J connectivity index is 1.69. The Morgan fingerprint density at radius 3 is 1.36 bits per heavy atom. The molecule has 4 rings (SSSR count). The quantitative estimate of drug-likeness (QED) is 0.235. The second-order valence-electron chi connectivity index (χ2n) is 10.3. The second kappa shape index (κ2) is 11.8. The van der Waals surface area contributed by atoms with Crippen molar-refractivity contribution in [2.45, 2.75) is 46.0 Å². The summed E-state index contributed by atoms with van der Waals surface area (Å²) in [5, 5.41) is 0. The number of ether oxygens (including phenoxy) is 1. The largest absolute Gasteiger partial charge is 0.451 e. The van der Waals surface area contributed by atoms with Gasteiger partial charge in [-0.1, -0.05) is 142 Å². The summed E-state index contributed by atoms with van der Waals surface area (Å²) >= 11 is 0. The van der Waals surface area contributed by atoms with Crippen LogP contribution in [0.3, 0.4) is 0 Å². The van der Waals surface area contributed by atoms with Crippen LogP contribution in [0.5, 0.6) is 0 Å². The third kappa shape index (κ3) is 6.71. The molecule has 0 N–H and O–H groups in total. The Bertz CT molecular complexity index is 1120. The van der Waals surface area contributed by atoms with Crippen LogP contribution in [-0.2, 0) is 22.6 Å². The molecule has 0 amide bonds. The molecule has 0 radical (unpaired) electrons. The van der Waals surface area contributed by atoms with E-state index in [0.717, 1.165) is 22.3 Å². The van der Waals surface area contributed by atoms with Crippen molar-refractivity contribution in [2.24, 2.45) is 5.41 Å². The van der Waals surface area contributed by atoms with E-state index in [1.165, 1.54) is 0 Å². The zero-order chi connectivity index (χ0) is 25.4. The monoisotopic (exact) mass is 477 g/mol. The van der Waals surface area contributed by atoms with Gasteiger partial charge in [0, 0.05) is 13.1 Å². The number of carbonyl (C=O) groups excluding carboxylic acids is 1. The van der Waals surface area contributed by atoms with Gasteiger partial charge in [0.15, 0.2) is 6.10 Å². The summed E-state index contributed by atoms with van der Waals surface area (Å²) in [7, 11) is 0. The lowest BCUT2D eigenvalue weighted by Gasteiger charge is -2.39. The molecular formula is C33H35NO2. The number of rotatable bonds is 9. The Kier molecular flexibility index (Phi) is 8.35. The molecule has 0 aliphatic heterocycles. The summed E-state index contributed by atoms with van der Waals surface area (Å²) in [5.41, 5.74) is 3.90. The van der Waals surface area contributed by atoms with Crippen LogP contribution in [0.15, 0.2) is 121 Å². The van der Waals surface area contributed by atoms with Crippen LogP contribution in [0, 0.1) is 5.41 Å². The first-order chi connectivity index (χ1) is 17.4. The molecule has 0 saturated carbocycles. The van der Waals surface area contributed by atoms with Gasteiger partial charge in [-0.2, -0.15) is 0 Å². The van der Waals surface area contributed by atoms with Crippen molar-refractivity contribution < 1.29 is 9.53 Å². The zero-order valence-electron chi connectivity index (χ0n) is 21.4. The molecule has 4 aromatic rings. The van der Waals surface area contributed by atoms with Gasteiger partial charge < -0.3 is 4.74 Å². The van der Waals surface area contributed by atoms with Gasteiger partial charge in [-0.05, 0) is 27.7 Å². The summed E-state index contributed by atoms with van der Waals surface area (Å²) in [5.74, 6) is -0.216. The average Bonchev–Trinajstić information content (AvgIpc) is 2.89. The Morgan fingerprint density at radius 2 is 1.00 bits per heavy atom. The fourth-order valence-corrected chi connectivity index (χ4v) is 4.69. The third-order valence-corrected chi connectivity index (χ3v) is 6.30.